The molecule has 4 rings (SSSR count). The highest BCUT2D eigenvalue weighted by Crippen LogP contribution is 2.32. The summed E-state index contributed by atoms with van der Waals surface area (Å²) in [4.78, 5) is 1.19. The first-order chi connectivity index (χ1) is 11.8. The summed E-state index contributed by atoms with van der Waals surface area (Å²) in [7, 11) is 0. The Labute approximate surface area is 146 Å². The van der Waals surface area contributed by atoms with Crippen molar-refractivity contribution in [3.05, 3.63) is 66.1 Å². The van der Waals surface area contributed by atoms with Gasteiger partial charge in [-0.15, -0.1) is 0 Å². The van der Waals surface area contributed by atoms with Gasteiger partial charge in [0.2, 0.25) is 0 Å². The van der Waals surface area contributed by atoms with Crippen LogP contribution in [0.5, 0.6) is 0 Å². The summed E-state index contributed by atoms with van der Waals surface area (Å²) in [5.41, 5.74) is 2.36. The van der Waals surface area contributed by atoms with Crippen molar-refractivity contribution in [2.45, 2.75) is 24.2 Å². The van der Waals surface area contributed by atoms with Gasteiger partial charge in [-0.3, -0.25) is 3.97 Å². The first-order valence-electron chi connectivity index (χ1n) is 8.53. The Morgan fingerprint density at radius 3 is 2.67 bits per heavy atom. The van der Waals surface area contributed by atoms with Crippen molar-refractivity contribution in [2.24, 2.45) is 5.92 Å². The molecule has 2 heterocycles. The minimum Gasteiger partial charge on any atom is -0.317 e. The fourth-order valence-electron chi connectivity index (χ4n) is 3.47. The molecule has 1 aliphatic heterocycles. The third-order valence-electron chi connectivity index (χ3n) is 4.73. The lowest BCUT2D eigenvalue weighted by molar-refractivity contribution is 0.373. The van der Waals surface area contributed by atoms with Gasteiger partial charge in [0, 0.05) is 16.5 Å². The minimum absolute atomic E-state index is 0.156. The molecule has 0 saturated carbocycles. The second-order valence-corrected chi connectivity index (χ2v) is 7.49. The zero-order valence-electron chi connectivity index (χ0n) is 13.5. The van der Waals surface area contributed by atoms with Crippen LogP contribution in [0.1, 0.15) is 18.4 Å². The second-order valence-electron chi connectivity index (χ2n) is 6.44. The SMILES string of the molecule is Fc1ccc2c(c1)c(CC1CCNCC1)cn2Sc1ccccc1. The lowest BCUT2D eigenvalue weighted by atomic mass is 9.91. The number of fused-ring (bicyclic) bond motifs is 1. The van der Waals surface area contributed by atoms with Crippen LogP contribution in [0.25, 0.3) is 10.9 Å². The van der Waals surface area contributed by atoms with Crippen molar-refractivity contribution in [1.82, 2.24) is 9.29 Å². The van der Waals surface area contributed by atoms with Gasteiger partial charge in [0.05, 0.1) is 5.52 Å². The van der Waals surface area contributed by atoms with Crippen LogP contribution in [0, 0.1) is 11.7 Å². The summed E-state index contributed by atoms with van der Waals surface area (Å²) in [5, 5.41) is 4.47. The van der Waals surface area contributed by atoms with E-state index in [9.17, 15) is 4.39 Å². The Kier molecular flexibility index (Phi) is 4.58. The Morgan fingerprint density at radius 2 is 1.88 bits per heavy atom. The topological polar surface area (TPSA) is 17.0 Å². The Hall–Kier alpha value is -1.78. The molecule has 0 radical (unpaired) electrons. The highest BCUT2D eigenvalue weighted by atomic mass is 32.2. The molecule has 1 aromatic heterocycles. The summed E-state index contributed by atoms with van der Waals surface area (Å²) in [5.74, 6) is 0.534. The molecule has 0 amide bonds. The first kappa shape index (κ1) is 15.7. The monoisotopic (exact) mass is 340 g/mol. The molecule has 0 spiro atoms. The van der Waals surface area contributed by atoms with Crippen LogP contribution in [-0.2, 0) is 6.42 Å². The van der Waals surface area contributed by atoms with Crippen LogP contribution in [0.4, 0.5) is 4.39 Å². The van der Waals surface area contributed by atoms with E-state index in [-0.39, 0.29) is 5.82 Å². The number of hydrogen-bond acceptors (Lipinski definition) is 2. The van der Waals surface area contributed by atoms with Gasteiger partial charge in [0.1, 0.15) is 5.82 Å². The molecule has 1 fully saturated rings. The molecule has 0 unspecified atom stereocenters. The average molecular weight is 340 g/mol. The molecule has 2 aromatic carbocycles. The number of halogens is 1. The molecular formula is C20H21FN2S. The molecule has 1 aliphatic rings. The van der Waals surface area contributed by atoms with E-state index >= 15 is 0 Å². The van der Waals surface area contributed by atoms with Crippen LogP contribution in [0.15, 0.2) is 59.6 Å². The van der Waals surface area contributed by atoms with Crippen molar-refractivity contribution in [3.63, 3.8) is 0 Å². The van der Waals surface area contributed by atoms with Gasteiger partial charge in [-0.1, -0.05) is 18.2 Å². The molecule has 0 bridgehead atoms. The Morgan fingerprint density at radius 1 is 1.08 bits per heavy atom. The van der Waals surface area contributed by atoms with Crippen molar-refractivity contribution in [2.75, 3.05) is 13.1 Å². The number of rotatable bonds is 4. The predicted molar refractivity (Wildman–Crippen MR) is 98.9 cm³/mol. The van der Waals surface area contributed by atoms with E-state index < -0.39 is 0 Å². The number of benzene rings is 2. The van der Waals surface area contributed by atoms with Crippen molar-refractivity contribution < 1.29 is 4.39 Å². The zero-order chi connectivity index (χ0) is 16.4. The maximum atomic E-state index is 13.8. The van der Waals surface area contributed by atoms with E-state index in [1.54, 1.807) is 24.1 Å². The molecule has 1 saturated heterocycles. The Bertz CT molecular complexity index is 822. The quantitative estimate of drug-likeness (QED) is 0.729. The van der Waals surface area contributed by atoms with E-state index in [0.29, 0.717) is 5.92 Å². The number of nitrogens with zero attached hydrogens (tertiary/aromatic N) is 1. The third-order valence-corrected chi connectivity index (χ3v) is 5.71. The fourth-order valence-corrected chi connectivity index (χ4v) is 4.41. The lowest BCUT2D eigenvalue weighted by Crippen LogP contribution is -2.28. The summed E-state index contributed by atoms with van der Waals surface area (Å²) >= 11 is 1.69. The van der Waals surface area contributed by atoms with E-state index in [0.717, 1.165) is 30.4 Å². The smallest absolute Gasteiger partial charge is 0.123 e. The van der Waals surface area contributed by atoms with E-state index in [1.807, 2.05) is 24.3 Å². The molecule has 2 nitrogen and oxygen atoms in total. The summed E-state index contributed by atoms with van der Waals surface area (Å²) < 4.78 is 16.0. The number of nitrogens with one attached hydrogen (secondary N) is 1. The van der Waals surface area contributed by atoms with E-state index in [1.165, 1.54) is 23.3 Å². The molecule has 1 N–H and O–H groups in total. The van der Waals surface area contributed by atoms with Crippen molar-refractivity contribution >= 4 is 22.9 Å². The summed E-state index contributed by atoms with van der Waals surface area (Å²) in [6.07, 6.45) is 5.63. The van der Waals surface area contributed by atoms with Crippen molar-refractivity contribution in [1.29, 1.82) is 0 Å². The van der Waals surface area contributed by atoms with Crippen molar-refractivity contribution in [3.8, 4) is 0 Å². The van der Waals surface area contributed by atoms with Crippen LogP contribution in [-0.4, -0.2) is 17.1 Å². The van der Waals surface area contributed by atoms with E-state index in [2.05, 4.69) is 27.6 Å². The molecule has 4 heteroatoms. The van der Waals surface area contributed by atoms with Gasteiger partial charge >= 0.3 is 0 Å². The average Bonchev–Trinajstić information content (AvgIpc) is 2.93. The Balaban J connectivity index is 1.69. The minimum atomic E-state index is -0.156. The molecular weight excluding hydrogens is 319 g/mol. The second kappa shape index (κ2) is 6.99. The van der Waals surface area contributed by atoms with Gasteiger partial charge < -0.3 is 5.32 Å². The summed E-state index contributed by atoms with van der Waals surface area (Å²) in [6, 6.07) is 15.5. The highest BCUT2D eigenvalue weighted by molar-refractivity contribution is 7.98. The van der Waals surface area contributed by atoms with Gasteiger partial charge in [0.25, 0.3) is 0 Å². The van der Waals surface area contributed by atoms with Crippen LogP contribution < -0.4 is 5.32 Å². The molecule has 0 aliphatic carbocycles. The van der Waals surface area contributed by atoms with Gasteiger partial charge in [0.15, 0.2) is 0 Å². The number of aromatic nitrogens is 1. The highest BCUT2D eigenvalue weighted by Gasteiger charge is 2.17. The molecule has 3 aromatic rings. The maximum absolute atomic E-state index is 13.8. The maximum Gasteiger partial charge on any atom is 0.123 e. The van der Waals surface area contributed by atoms with Crippen LogP contribution >= 0.6 is 11.9 Å². The van der Waals surface area contributed by atoms with Gasteiger partial charge in [-0.25, -0.2) is 4.39 Å². The van der Waals surface area contributed by atoms with Crippen LogP contribution in [0.2, 0.25) is 0 Å². The van der Waals surface area contributed by atoms with Gasteiger partial charge in [-0.2, -0.15) is 0 Å². The predicted octanol–water partition coefficient (Wildman–Crippen LogP) is 4.88. The number of piperidine rings is 1. The largest absolute Gasteiger partial charge is 0.317 e. The molecule has 124 valence electrons. The molecule has 24 heavy (non-hydrogen) atoms. The fraction of sp³-hybridized carbons (Fsp3) is 0.300. The van der Waals surface area contributed by atoms with E-state index in [4.69, 9.17) is 0 Å². The van der Waals surface area contributed by atoms with Crippen LogP contribution in [0.3, 0.4) is 0 Å². The number of hydrogen-bond donors (Lipinski definition) is 1. The summed E-state index contributed by atoms with van der Waals surface area (Å²) in [6.45, 7) is 2.19. The zero-order valence-corrected chi connectivity index (χ0v) is 14.4. The third kappa shape index (κ3) is 3.35. The lowest BCUT2D eigenvalue weighted by Gasteiger charge is -2.22. The normalized spacial score (nSPS) is 15.9. The standard InChI is InChI=1S/C20H21FN2S/c21-17-6-7-20-19(13-17)16(12-15-8-10-22-11-9-15)14-23(20)24-18-4-2-1-3-5-18/h1-7,13-15,22H,8-12H2. The molecule has 0 atom stereocenters. The van der Waals surface area contributed by atoms with Gasteiger partial charge in [-0.05, 0) is 86.1 Å². The first-order valence-corrected chi connectivity index (χ1v) is 9.30.